The fourth-order valence-electron chi connectivity index (χ4n) is 3.37. The van der Waals surface area contributed by atoms with Crippen LogP contribution in [-0.2, 0) is 0 Å². The topological polar surface area (TPSA) is 44.3 Å². The molecule has 2 heterocycles. The molecule has 0 unspecified atom stereocenters. The summed E-state index contributed by atoms with van der Waals surface area (Å²) in [5.41, 5.74) is 4.51. The van der Waals surface area contributed by atoms with Crippen LogP contribution in [0.2, 0.25) is 0 Å². The SMILES string of the molecule is Cc1ccc(Nc2nc(C)cc(N3CCN(c4ccccc4)CC3)n2)cc1. The number of para-hydroxylation sites is 1. The van der Waals surface area contributed by atoms with Gasteiger partial charge in [-0.15, -0.1) is 0 Å². The van der Waals surface area contributed by atoms with E-state index in [0.29, 0.717) is 5.95 Å². The molecule has 0 saturated carbocycles. The third kappa shape index (κ3) is 4.19. The molecule has 0 atom stereocenters. The van der Waals surface area contributed by atoms with Crippen LogP contribution in [0, 0.1) is 13.8 Å². The Hall–Kier alpha value is -3.08. The van der Waals surface area contributed by atoms with Crippen molar-refractivity contribution in [2.75, 3.05) is 41.3 Å². The summed E-state index contributed by atoms with van der Waals surface area (Å²) >= 11 is 0. The maximum Gasteiger partial charge on any atom is 0.229 e. The zero-order chi connectivity index (χ0) is 18.6. The van der Waals surface area contributed by atoms with E-state index in [1.165, 1.54) is 11.3 Å². The lowest BCUT2D eigenvalue weighted by Gasteiger charge is -2.36. The Balaban J connectivity index is 1.46. The number of hydrogen-bond donors (Lipinski definition) is 1. The fourth-order valence-corrected chi connectivity index (χ4v) is 3.37. The number of hydrogen-bond acceptors (Lipinski definition) is 5. The number of anilines is 4. The summed E-state index contributed by atoms with van der Waals surface area (Å²) < 4.78 is 0. The number of nitrogens with one attached hydrogen (secondary N) is 1. The van der Waals surface area contributed by atoms with Crippen molar-refractivity contribution in [3.8, 4) is 0 Å². The molecular weight excluding hydrogens is 334 g/mol. The lowest BCUT2D eigenvalue weighted by molar-refractivity contribution is 0.647. The molecule has 1 fully saturated rings. The van der Waals surface area contributed by atoms with Crippen LogP contribution in [0.25, 0.3) is 0 Å². The molecule has 0 amide bonds. The van der Waals surface area contributed by atoms with Gasteiger partial charge in [0.25, 0.3) is 0 Å². The lowest BCUT2D eigenvalue weighted by atomic mass is 10.2. The Labute approximate surface area is 160 Å². The van der Waals surface area contributed by atoms with Crippen molar-refractivity contribution in [2.24, 2.45) is 0 Å². The van der Waals surface area contributed by atoms with Gasteiger partial charge in [-0.3, -0.25) is 0 Å². The molecule has 1 aromatic heterocycles. The maximum absolute atomic E-state index is 4.76. The van der Waals surface area contributed by atoms with Crippen LogP contribution in [0.1, 0.15) is 11.3 Å². The van der Waals surface area contributed by atoms with Crippen molar-refractivity contribution in [2.45, 2.75) is 13.8 Å². The van der Waals surface area contributed by atoms with E-state index in [-0.39, 0.29) is 0 Å². The third-order valence-corrected chi connectivity index (χ3v) is 4.87. The van der Waals surface area contributed by atoms with Crippen LogP contribution in [-0.4, -0.2) is 36.1 Å². The Bertz CT molecular complexity index is 884. The van der Waals surface area contributed by atoms with Crippen LogP contribution in [0.3, 0.4) is 0 Å². The lowest BCUT2D eigenvalue weighted by Crippen LogP contribution is -2.46. The first-order valence-electron chi connectivity index (χ1n) is 9.42. The molecule has 27 heavy (non-hydrogen) atoms. The molecule has 0 aliphatic carbocycles. The Morgan fingerprint density at radius 1 is 0.778 bits per heavy atom. The number of aryl methyl sites for hydroxylation is 2. The van der Waals surface area contributed by atoms with E-state index in [0.717, 1.165) is 43.4 Å². The van der Waals surface area contributed by atoms with Gasteiger partial charge in [-0.05, 0) is 38.1 Å². The standard InChI is InChI=1S/C22H25N5/c1-17-8-10-19(11-9-17)24-22-23-18(2)16-21(25-22)27-14-12-26(13-15-27)20-6-4-3-5-7-20/h3-11,16H,12-15H2,1-2H3,(H,23,24,25). The minimum absolute atomic E-state index is 0.652. The minimum Gasteiger partial charge on any atom is -0.368 e. The monoisotopic (exact) mass is 359 g/mol. The number of benzene rings is 2. The third-order valence-electron chi connectivity index (χ3n) is 4.87. The van der Waals surface area contributed by atoms with Gasteiger partial charge in [-0.25, -0.2) is 4.98 Å². The molecule has 138 valence electrons. The summed E-state index contributed by atoms with van der Waals surface area (Å²) in [6.45, 7) is 8.00. The molecule has 5 nitrogen and oxygen atoms in total. The molecular formula is C22H25N5. The van der Waals surface area contributed by atoms with E-state index in [9.17, 15) is 0 Å². The molecule has 0 radical (unpaired) electrons. The molecule has 3 aromatic rings. The zero-order valence-corrected chi connectivity index (χ0v) is 15.9. The fraction of sp³-hybridized carbons (Fsp3) is 0.273. The second-order valence-corrected chi connectivity index (χ2v) is 6.99. The predicted octanol–water partition coefficient (Wildman–Crippen LogP) is 4.16. The Kier molecular flexibility index (Phi) is 4.92. The van der Waals surface area contributed by atoms with Crippen LogP contribution in [0.4, 0.5) is 23.1 Å². The number of piperazine rings is 1. The second-order valence-electron chi connectivity index (χ2n) is 6.99. The molecule has 1 aliphatic heterocycles. The summed E-state index contributed by atoms with van der Waals surface area (Å²) in [4.78, 5) is 14.1. The minimum atomic E-state index is 0.652. The highest BCUT2D eigenvalue weighted by atomic mass is 15.3. The molecule has 0 spiro atoms. The average Bonchev–Trinajstić information content (AvgIpc) is 2.70. The van der Waals surface area contributed by atoms with Crippen molar-refractivity contribution in [3.63, 3.8) is 0 Å². The van der Waals surface area contributed by atoms with E-state index < -0.39 is 0 Å². The van der Waals surface area contributed by atoms with E-state index in [1.54, 1.807) is 0 Å². The van der Waals surface area contributed by atoms with E-state index >= 15 is 0 Å². The summed E-state index contributed by atoms with van der Waals surface area (Å²) in [7, 11) is 0. The second kappa shape index (κ2) is 7.66. The molecule has 0 bridgehead atoms. The predicted molar refractivity (Wildman–Crippen MR) is 112 cm³/mol. The van der Waals surface area contributed by atoms with Crippen molar-refractivity contribution >= 4 is 23.1 Å². The van der Waals surface area contributed by atoms with Crippen LogP contribution in [0.15, 0.2) is 60.7 Å². The van der Waals surface area contributed by atoms with Crippen LogP contribution in [0.5, 0.6) is 0 Å². The first-order valence-corrected chi connectivity index (χ1v) is 9.42. The Morgan fingerprint density at radius 3 is 2.15 bits per heavy atom. The smallest absolute Gasteiger partial charge is 0.229 e. The van der Waals surface area contributed by atoms with Crippen LogP contribution < -0.4 is 15.1 Å². The Morgan fingerprint density at radius 2 is 1.44 bits per heavy atom. The summed E-state index contributed by atoms with van der Waals surface area (Å²) in [5, 5.41) is 3.33. The summed E-state index contributed by atoms with van der Waals surface area (Å²) in [6, 6.07) is 21.0. The first kappa shape index (κ1) is 17.3. The van der Waals surface area contributed by atoms with Gasteiger partial charge in [0.2, 0.25) is 5.95 Å². The zero-order valence-electron chi connectivity index (χ0n) is 15.9. The summed E-state index contributed by atoms with van der Waals surface area (Å²) in [5.74, 6) is 1.64. The van der Waals surface area contributed by atoms with Crippen molar-refractivity contribution in [1.29, 1.82) is 0 Å². The van der Waals surface area contributed by atoms with E-state index in [4.69, 9.17) is 4.98 Å². The van der Waals surface area contributed by atoms with Gasteiger partial charge in [0.15, 0.2) is 0 Å². The first-order chi connectivity index (χ1) is 13.2. The van der Waals surface area contributed by atoms with Crippen LogP contribution >= 0.6 is 0 Å². The highest BCUT2D eigenvalue weighted by Crippen LogP contribution is 2.22. The number of aromatic nitrogens is 2. The molecule has 1 aliphatic rings. The van der Waals surface area contributed by atoms with Gasteiger partial charge in [0, 0.05) is 49.3 Å². The normalized spacial score (nSPS) is 14.3. The van der Waals surface area contributed by atoms with Gasteiger partial charge < -0.3 is 15.1 Å². The number of rotatable bonds is 4. The highest BCUT2D eigenvalue weighted by Gasteiger charge is 2.19. The van der Waals surface area contributed by atoms with Crippen molar-refractivity contribution < 1.29 is 0 Å². The van der Waals surface area contributed by atoms with Crippen molar-refractivity contribution in [1.82, 2.24) is 9.97 Å². The molecule has 4 rings (SSSR count). The average molecular weight is 359 g/mol. The number of nitrogens with zero attached hydrogens (tertiary/aromatic N) is 4. The van der Waals surface area contributed by atoms with Gasteiger partial charge in [0.1, 0.15) is 5.82 Å². The molecule has 2 aromatic carbocycles. The van der Waals surface area contributed by atoms with E-state index in [2.05, 4.69) is 87.7 Å². The quantitative estimate of drug-likeness (QED) is 0.758. The van der Waals surface area contributed by atoms with Gasteiger partial charge in [0.05, 0.1) is 0 Å². The van der Waals surface area contributed by atoms with Gasteiger partial charge in [-0.1, -0.05) is 35.9 Å². The molecule has 1 saturated heterocycles. The maximum atomic E-state index is 4.76. The van der Waals surface area contributed by atoms with E-state index in [1.807, 2.05) is 6.92 Å². The molecule has 5 heteroatoms. The molecule has 1 N–H and O–H groups in total. The summed E-state index contributed by atoms with van der Waals surface area (Å²) in [6.07, 6.45) is 0. The van der Waals surface area contributed by atoms with Gasteiger partial charge >= 0.3 is 0 Å². The van der Waals surface area contributed by atoms with Crippen molar-refractivity contribution in [3.05, 3.63) is 71.9 Å². The van der Waals surface area contributed by atoms with Gasteiger partial charge in [-0.2, -0.15) is 4.98 Å². The highest BCUT2D eigenvalue weighted by molar-refractivity contribution is 5.56. The largest absolute Gasteiger partial charge is 0.368 e.